The molecule has 0 bridgehead atoms. The van der Waals surface area contributed by atoms with Gasteiger partial charge in [-0.2, -0.15) is 0 Å². The van der Waals surface area contributed by atoms with E-state index in [0.717, 1.165) is 0 Å². The summed E-state index contributed by atoms with van der Waals surface area (Å²) in [5.74, 6) is 0. The molecule has 0 aliphatic carbocycles. The lowest BCUT2D eigenvalue weighted by Gasteiger charge is -2.13. The van der Waals surface area contributed by atoms with Crippen LogP contribution in [-0.4, -0.2) is 0 Å². The SMILES string of the molecule is Cc1cccc(-c2ccc(Sc3ccc([S+](c4ccc(-c5cccc(C)c5)cc4)c4cccc(C)c4)c(C)c3)cc2)c1. The minimum atomic E-state index is -0.196. The molecule has 2 heteroatoms. The van der Waals surface area contributed by atoms with E-state index in [4.69, 9.17) is 0 Å². The first kappa shape index (κ1) is 28.2. The molecule has 6 aromatic carbocycles. The van der Waals surface area contributed by atoms with Gasteiger partial charge in [0.15, 0.2) is 14.7 Å². The minimum absolute atomic E-state index is 0.196. The normalized spacial score (nSPS) is 11.8. The van der Waals surface area contributed by atoms with Crippen molar-refractivity contribution in [3.8, 4) is 22.3 Å². The molecule has 0 nitrogen and oxygen atoms in total. The zero-order chi connectivity index (χ0) is 29.1. The molecule has 6 aromatic rings. The van der Waals surface area contributed by atoms with Crippen molar-refractivity contribution in [1.82, 2.24) is 0 Å². The Morgan fingerprint density at radius 3 is 1.48 bits per heavy atom. The van der Waals surface area contributed by atoms with Crippen molar-refractivity contribution in [1.29, 1.82) is 0 Å². The molecule has 0 aliphatic rings. The lowest BCUT2D eigenvalue weighted by atomic mass is 10.0. The molecule has 0 spiro atoms. The Bertz CT molecular complexity index is 1830. The molecular formula is C40H35S2+. The summed E-state index contributed by atoms with van der Waals surface area (Å²) in [6.07, 6.45) is 0. The molecule has 6 rings (SSSR count). The average Bonchev–Trinajstić information content (AvgIpc) is 2.99. The van der Waals surface area contributed by atoms with Crippen LogP contribution in [0, 0.1) is 27.7 Å². The van der Waals surface area contributed by atoms with Gasteiger partial charge in [0.2, 0.25) is 0 Å². The van der Waals surface area contributed by atoms with Crippen molar-refractivity contribution in [3.63, 3.8) is 0 Å². The highest BCUT2D eigenvalue weighted by Gasteiger charge is 2.30. The number of benzene rings is 6. The zero-order valence-corrected chi connectivity index (χ0v) is 26.2. The van der Waals surface area contributed by atoms with Crippen LogP contribution in [0.15, 0.2) is 164 Å². The van der Waals surface area contributed by atoms with Crippen molar-refractivity contribution >= 4 is 22.7 Å². The van der Waals surface area contributed by atoms with E-state index in [9.17, 15) is 0 Å². The Morgan fingerprint density at radius 1 is 0.405 bits per heavy atom. The van der Waals surface area contributed by atoms with Gasteiger partial charge in [-0.3, -0.25) is 0 Å². The third kappa shape index (κ3) is 6.41. The second kappa shape index (κ2) is 12.5. The molecule has 0 saturated heterocycles. The van der Waals surface area contributed by atoms with Gasteiger partial charge >= 0.3 is 0 Å². The van der Waals surface area contributed by atoms with Gasteiger partial charge in [0.05, 0.1) is 10.9 Å². The van der Waals surface area contributed by atoms with Crippen LogP contribution in [0.5, 0.6) is 0 Å². The summed E-state index contributed by atoms with van der Waals surface area (Å²) in [6.45, 7) is 8.74. The predicted molar refractivity (Wildman–Crippen MR) is 182 cm³/mol. The van der Waals surface area contributed by atoms with Crippen LogP contribution in [-0.2, 0) is 10.9 Å². The fraction of sp³-hybridized carbons (Fsp3) is 0.100. The highest BCUT2D eigenvalue weighted by Crippen LogP contribution is 2.38. The van der Waals surface area contributed by atoms with E-state index >= 15 is 0 Å². The number of hydrogen-bond acceptors (Lipinski definition) is 1. The van der Waals surface area contributed by atoms with Crippen molar-refractivity contribution < 1.29 is 0 Å². The molecule has 206 valence electrons. The van der Waals surface area contributed by atoms with E-state index in [2.05, 4.69) is 167 Å². The van der Waals surface area contributed by atoms with Crippen molar-refractivity contribution in [2.75, 3.05) is 0 Å². The summed E-state index contributed by atoms with van der Waals surface area (Å²) in [4.78, 5) is 6.59. The fourth-order valence-electron chi connectivity index (χ4n) is 5.33. The van der Waals surface area contributed by atoms with Crippen LogP contribution in [0.1, 0.15) is 22.3 Å². The van der Waals surface area contributed by atoms with Gasteiger partial charge in [-0.1, -0.05) is 95.7 Å². The third-order valence-corrected chi connectivity index (χ3v) is 10.8. The van der Waals surface area contributed by atoms with Gasteiger partial charge in [-0.05, 0) is 122 Å². The van der Waals surface area contributed by atoms with Gasteiger partial charge < -0.3 is 0 Å². The van der Waals surface area contributed by atoms with Crippen LogP contribution >= 0.6 is 11.8 Å². The molecule has 0 radical (unpaired) electrons. The third-order valence-electron chi connectivity index (χ3n) is 7.47. The lowest BCUT2D eigenvalue weighted by molar-refractivity contribution is 1.20. The molecule has 1 unspecified atom stereocenters. The smallest absolute Gasteiger partial charge is 0.0901 e. The van der Waals surface area contributed by atoms with Crippen molar-refractivity contribution in [3.05, 3.63) is 162 Å². The Hall–Kier alpha value is -3.98. The summed E-state index contributed by atoms with van der Waals surface area (Å²) in [7, 11) is -0.196. The maximum Gasteiger partial charge on any atom is 0.169 e. The maximum absolute atomic E-state index is 2.35. The topological polar surface area (TPSA) is 0 Å². The van der Waals surface area contributed by atoms with Gasteiger partial charge in [-0.15, -0.1) is 0 Å². The van der Waals surface area contributed by atoms with Gasteiger partial charge in [0.25, 0.3) is 0 Å². The van der Waals surface area contributed by atoms with Crippen LogP contribution in [0.3, 0.4) is 0 Å². The highest BCUT2D eigenvalue weighted by atomic mass is 32.2. The summed E-state index contributed by atoms with van der Waals surface area (Å²) in [6, 6.07) is 51.5. The molecule has 0 heterocycles. The Morgan fingerprint density at radius 2 is 0.929 bits per heavy atom. The van der Waals surface area contributed by atoms with E-state index in [1.165, 1.54) is 69.0 Å². The van der Waals surface area contributed by atoms with Crippen molar-refractivity contribution in [2.24, 2.45) is 0 Å². The largest absolute Gasteiger partial charge is 0.169 e. The van der Waals surface area contributed by atoms with E-state index in [-0.39, 0.29) is 10.9 Å². The summed E-state index contributed by atoms with van der Waals surface area (Å²) < 4.78 is 0. The Labute approximate surface area is 257 Å². The van der Waals surface area contributed by atoms with Crippen LogP contribution in [0.4, 0.5) is 0 Å². The van der Waals surface area contributed by atoms with Gasteiger partial charge in [-0.25, -0.2) is 0 Å². The number of aryl methyl sites for hydroxylation is 4. The molecule has 0 aromatic heterocycles. The number of hydrogen-bond donors (Lipinski definition) is 0. The zero-order valence-electron chi connectivity index (χ0n) is 24.6. The standard InChI is InChI=1S/C40H35S2/c1-28-8-5-11-34(24-28)32-14-18-36(19-15-32)41-37-20-23-40(31(4)27-37)42(39-13-7-10-30(3)26-39)38-21-16-33(17-22-38)35-12-6-9-29(2)25-35/h5-27H,1-4H3/q+1. The molecule has 42 heavy (non-hydrogen) atoms. The van der Waals surface area contributed by atoms with Crippen LogP contribution < -0.4 is 0 Å². The van der Waals surface area contributed by atoms with E-state index in [1.54, 1.807) is 0 Å². The number of rotatable bonds is 7. The molecule has 0 N–H and O–H groups in total. The highest BCUT2D eigenvalue weighted by molar-refractivity contribution is 7.99. The average molecular weight is 580 g/mol. The minimum Gasteiger partial charge on any atom is -0.0901 e. The first-order valence-electron chi connectivity index (χ1n) is 14.4. The van der Waals surface area contributed by atoms with Gasteiger partial charge in [0.1, 0.15) is 0 Å². The predicted octanol–water partition coefficient (Wildman–Crippen LogP) is 11.5. The van der Waals surface area contributed by atoms with E-state index in [1.807, 2.05) is 11.8 Å². The van der Waals surface area contributed by atoms with Crippen molar-refractivity contribution in [2.45, 2.75) is 52.2 Å². The summed E-state index contributed by atoms with van der Waals surface area (Å²) >= 11 is 1.83. The summed E-state index contributed by atoms with van der Waals surface area (Å²) in [5, 5.41) is 0. The first-order valence-corrected chi connectivity index (χ1v) is 16.4. The summed E-state index contributed by atoms with van der Waals surface area (Å²) in [5.41, 5.74) is 10.2. The Balaban J connectivity index is 1.29. The van der Waals surface area contributed by atoms with Gasteiger partial charge in [0, 0.05) is 15.4 Å². The molecule has 0 amide bonds. The second-order valence-electron chi connectivity index (χ2n) is 10.9. The molecule has 1 atom stereocenters. The van der Waals surface area contributed by atoms with Crippen LogP contribution in [0.25, 0.3) is 22.3 Å². The fourth-order valence-corrected chi connectivity index (χ4v) is 8.54. The monoisotopic (exact) mass is 579 g/mol. The first-order chi connectivity index (χ1) is 20.4. The Kier molecular flexibility index (Phi) is 8.37. The van der Waals surface area contributed by atoms with Crippen LogP contribution in [0.2, 0.25) is 0 Å². The van der Waals surface area contributed by atoms with E-state index in [0.29, 0.717) is 0 Å². The second-order valence-corrected chi connectivity index (χ2v) is 14.1. The quantitative estimate of drug-likeness (QED) is 0.170. The maximum atomic E-state index is 2.35. The molecule has 0 saturated carbocycles. The lowest BCUT2D eigenvalue weighted by Crippen LogP contribution is -2.07. The molecule has 0 fully saturated rings. The molecular weight excluding hydrogens is 545 g/mol. The van der Waals surface area contributed by atoms with E-state index < -0.39 is 0 Å². The molecule has 0 aliphatic heterocycles.